The summed E-state index contributed by atoms with van der Waals surface area (Å²) in [5, 5.41) is 26.0. The molecule has 32 heavy (non-hydrogen) atoms. The third-order valence-electron chi connectivity index (χ3n) is 4.93. The normalized spacial score (nSPS) is 22.6. The summed E-state index contributed by atoms with van der Waals surface area (Å²) in [6.07, 6.45) is -3.97. The highest BCUT2D eigenvalue weighted by molar-refractivity contribution is 5.95. The van der Waals surface area contributed by atoms with Crippen LogP contribution in [0.2, 0.25) is 0 Å². The van der Waals surface area contributed by atoms with Crippen LogP contribution in [0, 0.1) is 0 Å². The van der Waals surface area contributed by atoms with E-state index in [1.54, 1.807) is 6.92 Å². The summed E-state index contributed by atoms with van der Waals surface area (Å²) in [6.45, 7) is 2.16. The molecule has 3 heterocycles. The average molecular weight is 442 g/mol. The van der Waals surface area contributed by atoms with Crippen molar-refractivity contribution in [1.29, 1.82) is 0 Å². The minimum absolute atomic E-state index is 0.0693. The van der Waals surface area contributed by atoms with Crippen LogP contribution in [0.4, 0.5) is 10.6 Å². The SMILES string of the molecule is CCOC(=O)NC(=O)[C@@H]1O[C@H](n2cnc3c(NCc4ccccc4)ncnc32)[C@@H](O)[C@H]1O. The molecule has 0 radical (unpaired) electrons. The van der Waals surface area contributed by atoms with Crippen LogP contribution in [0.3, 0.4) is 0 Å². The first-order valence-electron chi connectivity index (χ1n) is 9.94. The van der Waals surface area contributed by atoms with Gasteiger partial charge in [-0.2, -0.15) is 0 Å². The predicted octanol–water partition coefficient (Wildman–Crippen LogP) is 0.330. The van der Waals surface area contributed by atoms with Gasteiger partial charge in [-0.1, -0.05) is 30.3 Å². The molecule has 4 N–H and O–H groups in total. The second-order valence-electron chi connectivity index (χ2n) is 7.02. The van der Waals surface area contributed by atoms with Gasteiger partial charge in [0.1, 0.15) is 18.5 Å². The molecule has 1 aliphatic rings. The number of rotatable bonds is 6. The van der Waals surface area contributed by atoms with E-state index in [9.17, 15) is 19.8 Å². The quantitative estimate of drug-likeness (QED) is 0.419. The number of benzene rings is 1. The number of alkyl carbamates (subject to hydrolysis) is 1. The number of aliphatic hydroxyl groups excluding tert-OH is 2. The van der Waals surface area contributed by atoms with E-state index >= 15 is 0 Å². The van der Waals surface area contributed by atoms with E-state index < -0.39 is 36.5 Å². The largest absolute Gasteiger partial charge is 0.450 e. The van der Waals surface area contributed by atoms with Crippen molar-refractivity contribution in [2.75, 3.05) is 11.9 Å². The Morgan fingerprint density at radius 1 is 1.16 bits per heavy atom. The number of imide groups is 1. The molecule has 3 aromatic rings. The molecule has 0 aliphatic carbocycles. The zero-order valence-corrected chi connectivity index (χ0v) is 17.1. The van der Waals surface area contributed by atoms with Gasteiger partial charge in [0.25, 0.3) is 5.91 Å². The number of imidazole rings is 1. The van der Waals surface area contributed by atoms with Gasteiger partial charge in [-0.3, -0.25) is 14.7 Å². The fourth-order valence-electron chi connectivity index (χ4n) is 3.39. The number of nitrogens with one attached hydrogen (secondary N) is 2. The van der Waals surface area contributed by atoms with Crippen molar-refractivity contribution in [2.45, 2.75) is 38.0 Å². The number of aliphatic hydroxyl groups is 2. The number of carbonyl (C=O) groups is 2. The van der Waals surface area contributed by atoms with Crippen LogP contribution in [0.1, 0.15) is 18.7 Å². The van der Waals surface area contributed by atoms with E-state index in [4.69, 9.17) is 4.74 Å². The second kappa shape index (κ2) is 9.26. The number of ether oxygens (including phenoxy) is 2. The Hall–Kier alpha value is -3.61. The van der Waals surface area contributed by atoms with Gasteiger partial charge in [-0.15, -0.1) is 0 Å². The third kappa shape index (κ3) is 4.23. The molecule has 12 nitrogen and oxygen atoms in total. The van der Waals surface area contributed by atoms with Crippen molar-refractivity contribution in [3.05, 3.63) is 48.5 Å². The van der Waals surface area contributed by atoms with Gasteiger partial charge in [0, 0.05) is 6.54 Å². The molecule has 0 saturated carbocycles. The number of carbonyl (C=O) groups excluding carboxylic acids is 2. The number of anilines is 1. The second-order valence-corrected chi connectivity index (χ2v) is 7.02. The van der Waals surface area contributed by atoms with Crippen LogP contribution < -0.4 is 10.6 Å². The molecular weight excluding hydrogens is 420 g/mol. The van der Waals surface area contributed by atoms with E-state index in [1.807, 2.05) is 35.6 Å². The van der Waals surface area contributed by atoms with Crippen LogP contribution in [0.25, 0.3) is 11.2 Å². The predicted molar refractivity (Wildman–Crippen MR) is 110 cm³/mol. The molecule has 2 amide bonds. The van der Waals surface area contributed by atoms with E-state index in [2.05, 4.69) is 25.0 Å². The highest BCUT2D eigenvalue weighted by Crippen LogP contribution is 2.32. The lowest BCUT2D eigenvalue weighted by Crippen LogP contribution is -2.45. The van der Waals surface area contributed by atoms with Crippen LogP contribution in [0.15, 0.2) is 43.0 Å². The minimum atomic E-state index is -1.58. The standard InChI is InChI=1S/C20H22N6O6/c1-2-31-20(30)25-18(29)15-13(27)14(28)19(32-15)26-10-24-12-16(22-9-23-17(12)26)21-8-11-6-4-3-5-7-11/h3-7,9-10,13-15,19,27-28H,2,8H2,1H3,(H,21,22,23)(H,25,29,30)/t13-,14+,15-,19+/m1/s1. The molecule has 1 fully saturated rings. The molecule has 1 aromatic carbocycles. The number of fused-ring (bicyclic) bond motifs is 1. The topological polar surface area (TPSA) is 161 Å². The van der Waals surface area contributed by atoms with Crippen molar-refractivity contribution in [3.63, 3.8) is 0 Å². The lowest BCUT2D eigenvalue weighted by atomic mass is 10.1. The fraction of sp³-hybridized carbons (Fsp3) is 0.350. The smallest absolute Gasteiger partial charge is 0.413 e. The van der Waals surface area contributed by atoms with Crippen molar-refractivity contribution in [3.8, 4) is 0 Å². The lowest BCUT2D eigenvalue weighted by molar-refractivity contribution is -0.136. The van der Waals surface area contributed by atoms with Crippen LogP contribution >= 0.6 is 0 Å². The Labute approximate surface area is 182 Å². The summed E-state index contributed by atoms with van der Waals surface area (Å²) in [5.41, 5.74) is 1.80. The van der Waals surface area contributed by atoms with Crippen molar-refractivity contribution < 1.29 is 29.3 Å². The van der Waals surface area contributed by atoms with Gasteiger partial charge >= 0.3 is 6.09 Å². The van der Waals surface area contributed by atoms with E-state index in [1.165, 1.54) is 17.2 Å². The Morgan fingerprint density at radius 2 is 1.94 bits per heavy atom. The van der Waals surface area contributed by atoms with Crippen LogP contribution in [-0.2, 0) is 20.8 Å². The summed E-state index contributed by atoms with van der Waals surface area (Å²) in [5.74, 6) is -0.455. The van der Waals surface area contributed by atoms with E-state index in [-0.39, 0.29) is 6.61 Å². The summed E-state index contributed by atoms with van der Waals surface area (Å²) in [4.78, 5) is 36.5. The molecule has 1 saturated heterocycles. The van der Waals surface area contributed by atoms with Gasteiger partial charge in [-0.25, -0.2) is 19.7 Å². The summed E-state index contributed by atoms with van der Waals surface area (Å²) >= 11 is 0. The molecule has 12 heteroatoms. The maximum absolute atomic E-state index is 12.3. The number of nitrogens with zero attached hydrogens (tertiary/aromatic N) is 4. The molecule has 168 valence electrons. The highest BCUT2D eigenvalue weighted by Gasteiger charge is 2.48. The first-order valence-corrected chi connectivity index (χ1v) is 9.94. The first-order chi connectivity index (χ1) is 15.5. The molecule has 0 bridgehead atoms. The third-order valence-corrected chi connectivity index (χ3v) is 4.93. The molecule has 0 spiro atoms. The minimum Gasteiger partial charge on any atom is -0.450 e. The average Bonchev–Trinajstić information content (AvgIpc) is 3.34. The van der Waals surface area contributed by atoms with Gasteiger partial charge < -0.3 is 25.0 Å². The summed E-state index contributed by atoms with van der Waals surface area (Å²) in [7, 11) is 0. The molecule has 2 aromatic heterocycles. The van der Waals surface area contributed by atoms with Crippen molar-refractivity contribution >= 4 is 29.0 Å². The van der Waals surface area contributed by atoms with Crippen molar-refractivity contribution in [2.24, 2.45) is 0 Å². The maximum Gasteiger partial charge on any atom is 0.413 e. The maximum atomic E-state index is 12.3. The van der Waals surface area contributed by atoms with Crippen LogP contribution in [-0.4, -0.2) is 66.7 Å². The zero-order valence-electron chi connectivity index (χ0n) is 17.1. The number of hydrogen-bond donors (Lipinski definition) is 4. The van der Waals surface area contributed by atoms with Crippen LogP contribution in [0.5, 0.6) is 0 Å². The number of hydrogen-bond acceptors (Lipinski definition) is 10. The molecule has 4 atom stereocenters. The van der Waals surface area contributed by atoms with E-state index in [0.717, 1.165) is 5.56 Å². The molecular formula is C20H22N6O6. The van der Waals surface area contributed by atoms with Gasteiger partial charge in [0.05, 0.1) is 12.9 Å². The van der Waals surface area contributed by atoms with Gasteiger partial charge in [0.15, 0.2) is 29.3 Å². The Bertz CT molecular complexity index is 1110. The molecule has 1 aliphatic heterocycles. The number of aromatic nitrogens is 4. The Kier molecular flexibility index (Phi) is 6.25. The molecule has 4 rings (SSSR count). The first kappa shape index (κ1) is 21.6. The lowest BCUT2D eigenvalue weighted by Gasteiger charge is -2.16. The van der Waals surface area contributed by atoms with Gasteiger partial charge in [-0.05, 0) is 12.5 Å². The van der Waals surface area contributed by atoms with E-state index in [0.29, 0.717) is 23.5 Å². The fourth-order valence-corrected chi connectivity index (χ4v) is 3.39. The summed E-state index contributed by atoms with van der Waals surface area (Å²) < 4.78 is 11.6. The Morgan fingerprint density at radius 3 is 2.69 bits per heavy atom. The Balaban J connectivity index is 1.53. The zero-order chi connectivity index (χ0) is 22.7. The molecule has 0 unspecified atom stereocenters. The highest BCUT2D eigenvalue weighted by atomic mass is 16.6. The monoisotopic (exact) mass is 442 g/mol. The van der Waals surface area contributed by atoms with Crippen molar-refractivity contribution in [1.82, 2.24) is 24.8 Å². The number of amides is 2. The summed E-state index contributed by atoms with van der Waals surface area (Å²) in [6, 6.07) is 9.72. The van der Waals surface area contributed by atoms with Gasteiger partial charge in [0.2, 0.25) is 0 Å².